The minimum atomic E-state index is -0.213. The highest BCUT2D eigenvalue weighted by Gasteiger charge is 2.25. The van der Waals surface area contributed by atoms with Gasteiger partial charge in [0, 0.05) is 6.04 Å². The van der Waals surface area contributed by atoms with Gasteiger partial charge in [0.25, 0.3) is 5.91 Å². The smallest absolute Gasteiger partial charge is 0.273 e. The van der Waals surface area contributed by atoms with Gasteiger partial charge in [-0.25, -0.2) is 0 Å². The van der Waals surface area contributed by atoms with Crippen LogP contribution in [0.2, 0.25) is 0 Å². The Kier molecular flexibility index (Phi) is 5.64. The molecule has 0 radical (unpaired) electrons. The van der Waals surface area contributed by atoms with E-state index in [1.807, 2.05) is 30.3 Å². The molecule has 150 valence electrons. The Labute approximate surface area is 168 Å². The zero-order chi connectivity index (χ0) is 20.1. The van der Waals surface area contributed by atoms with Crippen LogP contribution in [0.5, 0.6) is 11.8 Å². The van der Waals surface area contributed by atoms with E-state index in [0.717, 1.165) is 31.4 Å². The Morgan fingerprint density at radius 2 is 1.83 bits per heavy atom. The van der Waals surface area contributed by atoms with Crippen LogP contribution in [0.15, 0.2) is 48.9 Å². The van der Waals surface area contributed by atoms with Gasteiger partial charge in [0.2, 0.25) is 11.8 Å². The molecule has 1 fully saturated rings. The lowest BCUT2D eigenvalue weighted by Gasteiger charge is -2.28. The number of methoxy groups -OCH3 is 1. The number of aromatic nitrogens is 5. The number of carbonyl (C=O) groups excluding carboxylic acids is 1. The fourth-order valence-electron chi connectivity index (χ4n) is 3.29. The molecule has 3 aromatic rings. The predicted octanol–water partition coefficient (Wildman–Crippen LogP) is 2.19. The van der Waals surface area contributed by atoms with Gasteiger partial charge in [-0.3, -0.25) is 9.78 Å². The molecule has 1 N–H and O–H groups in total. The summed E-state index contributed by atoms with van der Waals surface area (Å²) in [7, 11) is 1.54. The highest BCUT2D eigenvalue weighted by Crippen LogP contribution is 2.23. The SMILES string of the molecule is COc1cncc(OC2CCC(NC(=O)c3cnn(-c4ccccc4)n3)CC2)n1. The van der Waals surface area contributed by atoms with Gasteiger partial charge in [0.15, 0.2) is 5.69 Å². The van der Waals surface area contributed by atoms with Crippen LogP contribution in [-0.2, 0) is 0 Å². The van der Waals surface area contributed by atoms with Crippen molar-refractivity contribution in [1.29, 1.82) is 0 Å². The molecule has 0 atom stereocenters. The maximum absolute atomic E-state index is 12.5. The van der Waals surface area contributed by atoms with Gasteiger partial charge < -0.3 is 14.8 Å². The summed E-state index contributed by atoms with van der Waals surface area (Å²) in [5, 5.41) is 11.5. The Bertz CT molecular complexity index is 954. The lowest BCUT2D eigenvalue weighted by atomic mass is 9.93. The third-order valence-corrected chi connectivity index (χ3v) is 4.81. The monoisotopic (exact) mass is 394 g/mol. The first-order valence-corrected chi connectivity index (χ1v) is 9.52. The first kappa shape index (κ1) is 18.9. The molecule has 0 bridgehead atoms. The normalized spacial score (nSPS) is 18.8. The van der Waals surface area contributed by atoms with Gasteiger partial charge >= 0.3 is 0 Å². The molecule has 0 aliphatic heterocycles. The van der Waals surface area contributed by atoms with Crippen molar-refractivity contribution in [3.63, 3.8) is 0 Å². The van der Waals surface area contributed by atoms with Crippen molar-refractivity contribution in [2.45, 2.75) is 37.8 Å². The van der Waals surface area contributed by atoms with Crippen molar-refractivity contribution in [3.8, 4) is 17.4 Å². The van der Waals surface area contributed by atoms with E-state index in [1.54, 1.807) is 13.3 Å². The molecule has 0 spiro atoms. The molecule has 9 heteroatoms. The molecule has 1 aromatic carbocycles. The van der Waals surface area contributed by atoms with Gasteiger partial charge in [0.1, 0.15) is 6.10 Å². The van der Waals surface area contributed by atoms with E-state index >= 15 is 0 Å². The number of hydrogen-bond acceptors (Lipinski definition) is 7. The number of carbonyl (C=O) groups is 1. The molecule has 1 aliphatic carbocycles. The van der Waals surface area contributed by atoms with E-state index in [2.05, 4.69) is 25.5 Å². The average molecular weight is 394 g/mol. The largest absolute Gasteiger partial charge is 0.480 e. The molecule has 9 nitrogen and oxygen atoms in total. The number of nitrogens with zero attached hydrogens (tertiary/aromatic N) is 5. The van der Waals surface area contributed by atoms with Crippen LogP contribution < -0.4 is 14.8 Å². The molecule has 1 saturated carbocycles. The summed E-state index contributed by atoms with van der Waals surface area (Å²) in [6.45, 7) is 0. The molecule has 0 saturated heterocycles. The van der Waals surface area contributed by atoms with Crippen LogP contribution in [0.3, 0.4) is 0 Å². The first-order valence-electron chi connectivity index (χ1n) is 9.52. The Morgan fingerprint density at radius 3 is 2.59 bits per heavy atom. The Balaban J connectivity index is 1.28. The number of benzene rings is 1. The lowest BCUT2D eigenvalue weighted by molar-refractivity contribution is 0.0884. The predicted molar refractivity (Wildman–Crippen MR) is 104 cm³/mol. The van der Waals surface area contributed by atoms with Crippen LogP contribution in [0, 0.1) is 0 Å². The number of hydrogen-bond donors (Lipinski definition) is 1. The van der Waals surface area contributed by atoms with Gasteiger partial charge in [-0.15, -0.1) is 5.10 Å². The summed E-state index contributed by atoms with van der Waals surface area (Å²) in [5.74, 6) is 0.663. The van der Waals surface area contributed by atoms with E-state index in [1.165, 1.54) is 17.2 Å². The minimum Gasteiger partial charge on any atom is -0.480 e. The molecule has 2 aromatic heterocycles. The second-order valence-electron chi connectivity index (χ2n) is 6.82. The van der Waals surface area contributed by atoms with Gasteiger partial charge in [-0.2, -0.15) is 14.9 Å². The highest BCUT2D eigenvalue weighted by atomic mass is 16.5. The molecule has 4 rings (SSSR count). The van der Waals surface area contributed by atoms with E-state index in [9.17, 15) is 4.79 Å². The molecule has 2 heterocycles. The van der Waals surface area contributed by atoms with Crippen molar-refractivity contribution in [2.24, 2.45) is 0 Å². The van der Waals surface area contributed by atoms with Gasteiger partial charge in [-0.05, 0) is 37.8 Å². The topological polar surface area (TPSA) is 104 Å². The minimum absolute atomic E-state index is 0.0449. The number of nitrogens with one attached hydrogen (secondary N) is 1. The van der Waals surface area contributed by atoms with Crippen LogP contribution in [-0.4, -0.2) is 50.1 Å². The van der Waals surface area contributed by atoms with Crippen LogP contribution in [0.1, 0.15) is 36.2 Å². The summed E-state index contributed by atoms with van der Waals surface area (Å²) in [5.41, 5.74) is 1.11. The Morgan fingerprint density at radius 1 is 1.07 bits per heavy atom. The fraction of sp³-hybridized carbons (Fsp3) is 0.350. The summed E-state index contributed by atoms with van der Waals surface area (Å²) < 4.78 is 11.0. The van der Waals surface area contributed by atoms with Gasteiger partial charge in [-0.1, -0.05) is 18.2 Å². The first-order chi connectivity index (χ1) is 14.2. The fourth-order valence-corrected chi connectivity index (χ4v) is 3.29. The summed E-state index contributed by atoms with van der Waals surface area (Å²) in [6, 6.07) is 9.57. The maximum atomic E-state index is 12.5. The lowest BCUT2D eigenvalue weighted by Crippen LogP contribution is -2.40. The quantitative estimate of drug-likeness (QED) is 0.683. The summed E-state index contributed by atoms with van der Waals surface area (Å²) in [6.07, 6.45) is 7.92. The third-order valence-electron chi connectivity index (χ3n) is 4.81. The van der Waals surface area contributed by atoms with Crippen molar-refractivity contribution in [1.82, 2.24) is 30.3 Å². The molecule has 29 heavy (non-hydrogen) atoms. The van der Waals surface area contributed by atoms with E-state index in [4.69, 9.17) is 9.47 Å². The van der Waals surface area contributed by atoms with Crippen LogP contribution in [0.25, 0.3) is 5.69 Å². The number of ether oxygens (including phenoxy) is 2. The Hall–Kier alpha value is -3.49. The maximum Gasteiger partial charge on any atom is 0.273 e. The van der Waals surface area contributed by atoms with Crippen molar-refractivity contribution in [3.05, 3.63) is 54.6 Å². The van der Waals surface area contributed by atoms with Crippen molar-refractivity contribution in [2.75, 3.05) is 7.11 Å². The van der Waals surface area contributed by atoms with E-state index < -0.39 is 0 Å². The molecular weight excluding hydrogens is 372 g/mol. The van der Waals surface area contributed by atoms with Gasteiger partial charge in [0.05, 0.1) is 31.4 Å². The summed E-state index contributed by atoms with van der Waals surface area (Å²) >= 11 is 0. The number of rotatable bonds is 6. The highest BCUT2D eigenvalue weighted by molar-refractivity contribution is 5.92. The molecular formula is C20H22N6O3. The van der Waals surface area contributed by atoms with Crippen molar-refractivity contribution < 1.29 is 14.3 Å². The van der Waals surface area contributed by atoms with Crippen LogP contribution >= 0.6 is 0 Å². The zero-order valence-corrected chi connectivity index (χ0v) is 16.1. The third kappa shape index (κ3) is 4.68. The number of para-hydroxylation sites is 1. The molecule has 1 aliphatic rings. The molecule has 0 unspecified atom stereocenters. The van der Waals surface area contributed by atoms with E-state index in [0.29, 0.717) is 17.5 Å². The van der Waals surface area contributed by atoms with Crippen molar-refractivity contribution >= 4 is 5.91 Å². The standard InChI is InChI=1S/C20H22N6O3/c1-28-18-12-21-13-19(24-18)29-16-9-7-14(8-10-16)23-20(27)17-11-22-26(25-17)15-5-3-2-4-6-15/h2-6,11-14,16H,7-10H2,1H3,(H,23,27). The second-order valence-corrected chi connectivity index (χ2v) is 6.82. The summed E-state index contributed by atoms with van der Waals surface area (Å²) in [4.78, 5) is 22.2. The second kappa shape index (κ2) is 8.68. The zero-order valence-electron chi connectivity index (χ0n) is 16.1. The average Bonchev–Trinajstić information content (AvgIpc) is 3.26. The molecule has 1 amide bonds. The number of amides is 1. The van der Waals surface area contributed by atoms with Crippen LogP contribution in [0.4, 0.5) is 0 Å². The van der Waals surface area contributed by atoms with E-state index in [-0.39, 0.29) is 18.1 Å².